The number of anilines is 1. The van der Waals surface area contributed by atoms with Crippen LogP contribution in [0.2, 0.25) is 10.0 Å². The van der Waals surface area contributed by atoms with Crippen molar-refractivity contribution in [2.75, 3.05) is 72.6 Å². The minimum Gasteiger partial charge on any atom is -0.495 e. The Balaban J connectivity index is 1.43. The van der Waals surface area contributed by atoms with Gasteiger partial charge in [-0.15, -0.1) is 0 Å². The Labute approximate surface area is 261 Å². The van der Waals surface area contributed by atoms with E-state index in [2.05, 4.69) is 4.90 Å². The Morgan fingerprint density at radius 2 is 1.40 bits per heavy atom. The van der Waals surface area contributed by atoms with Crippen molar-refractivity contribution in [2.45, 2.75) is 5.92 Å². The maximum absolute atomic E-state index is 14.2. The third-order valence-corrected chi connectivity index (χ3v) is 8.77. The van der Waals surface area contributed by atoms with Gasteiger partial charge in [0.2, 0.25) is 11.7 Å². The second kappa shape index (κ2) is 13.2. The summed E-state index contributed by atoms with van der Waals surface area (Å²) in [6.07, 6.45) is 0. The van der Waals surface area contributed by atoms with Crippen LogP contribution in [0, 0.1) is 5.92 Å². The van der Waals surface area contributed by atoms with Crippen LogP contribution in [0.1, 0.15) is 21.8 Å². The van der Waals surface area contributed by atoms with Crippen molar-refractivity contribution >= 4 is 40.7 Å². The fourth-order valence-electron chi connectivity index (χ4n) is 6.00. The van der Waals surface area contributed by atoms with Crippen LogP contribution in [0.25, 0.3) is 0 Å². The van der Waals surface area contributed by atoms with Crippen molar-refractivity contribution < 1.29 is 28.5 Å². The number of rotatable bonds is 8. The predicted molar refractivity (Wildman–Crippen MR) is 166 cm³/mol. The first kappa shape index (κ1) is 30.6. The van der Waals surface area contributed by atoms with E-state index < -0.39 is 5.92 Å². The van der Waals surface area contributed by atoms with Gasteiger partial charge in [-0.1, -0.05) is 35.3 Å². The van der Waals surface area contributed by atoms with Gasteiger partial charge in [-0.3, -0.25) is 9.59 Å². The Morgan fingerprint density at radius 1 is 0.744 bits per heavy atom. The number of methoxy groups -OCH3 is 4. The van der Waals surface area contributed by atoms with E-state index in [-0.39, 0.29) is 29.3 Å². The summed E-state index contributed by atoms with van der Waals surface area (Å²) in [5, 5.41) is 0.711. The van der Waals surface area contributed by atoms with E-state index in [0.717, 1.165) is 17.0 Å². The van der Waals surface area contributed by atoms with E-state index in [9.17, 15) is 9.59 Å². The highest BCUT2D eigenvalue weighted by Crippen LogP contribution is 2.44. The lowest BCUT2D eigenvalue weighted by molar-refractivity contribution is -0.135. The Morgan fingerprint density at radius 3 is 2.00 bits per heavy atom. The molecule has 2 atom stereocenters. The molecule has 0 N–H and O–H groups in total. The molecular weight excluding hydrogens is 593 g/mol. The molecule has 0 aliphatic carbocycles. The van der Waals surface area contributed by atoms with Crippen LogP contribution in [0.15, 0.2) is 54.6 Å². The van der Waals surface area contributed by atoms with E-state index >= 15 is 0 Å². The quantitative estimate of drug-likeness (QED) is 0.338. The summed E-state index contributed by atoms with van der Waals surface area (Å²) in [7, 11) is 6.31. The number of carbonyl (C=O) groups excluding carboxylic acids is 2. The third kappa shape index (κ3) is 6.15. The second-order valence-corrected chi connectivity index (χ2v) is 11.3. The monoisotopic (exact) mass is 627 g/mol. The maximum Gasteiger partial charge on any atom is 0.255 e. The number of halogens is 2. The molecule has 0 unspecified atom stereocenters. The van der Waals surface area contributed by atoms with Gasteiger partial charge in [0.05, 0.1) is 50.6 Å². The summed E-state index contributed by atoms with van der Waals surface area (Å²) in [4.78, 5) is 33.7. The van der Waals surface area contributed by atoms with Crippen molar-refractivity contribution in [2.24, 2.45) is 5.92 Å². The van der Waals surface area contributed by atoms with Crippen molar-refractivity contribution in [1.29, 1.82) is 0 Å². The summed E-state index contributed by atoms with van der Waals surface area (Å²) < 4.78 is 22.3. The lowest BCUT2D eigenvalue weighted by Crippen LogP contribution is -2.51. The van der Waals surface area contributed by atoms with E-state index in [1.165, 1.54) is 0 Å². The largest absolute Gasteiger partial charge is 0.495 e. The van der Waals surface area contributed by atoms with Gasteiger partial charge in [0.25, 0.3) is 5.91 Å². The average Bonchev–Trinajstić information content (AvgIpc) is 3.49. The Hall–Kier alpha value is -3.82. The van der Waals surface area contributed by atoms with Gasteiger partial charge in [-0.2, -0.15) is 0 Å². The molecule has 2 aliphatic heterocycles. The molecule has 0 radical (unpaired) electrons. The first-order valence-electron chi connectivity index (χ1n) is 14.0. The molecule has 43 heavy (non-hydrogen) atoms. The van der Waals surface area contributed by atoms with Crippen LogP contribution < -0.4 is 23.8 Å². The number of carbonyl (C=O) groups is 2. The van der Waals surface area contributed by atoms with Crippen LogP contribution >= 0.6 is 23.2 Å². The van der Waals surface area contributed by atoms with Gasteiger partial charge in [-0.25, -0.2) is 0 Å². The average molecular weight is 629 g/mol. The molecule has 0 bridgehead atoms. The zero-order valence-electron chi connectivity index (χ0n) is 24.6. The molecule has 0 aromatic heterocycles. The van der Waals surface area contributed by atoms with Crippen molar-refractivity contribution in [3.63, 3.8) is 0 Å². The maximum atomic E-state index is 14.2. The van der Waals surface area contributed by atoms with Crippen LogP contribution in [0.4, 0.5) is 5.69 Å². The molecule has 2 fully saturated rings. The highest BCUT2D eigenvalue weighted by Gasteiger charge is 2.43. The van der Waals surface area contributed by atoms with Crippen molar-refractivity contribution in [3.05, 3.63) is 75.8 Å². The zero-order chi connectivity index (χ0) is 30.7. The summed E-state index contributed by atoms with van der Waals surface area (Å²) in [6.45, 7) is 2.98. The van der Waals surface area contributed by atoms with Gasteiger partial charge < -0.3 is 33.6 Å². The first-order chi connectivity index (χ1) is 20.8. The SMILES string of the molecule is COc1ccccc1N1CCN(C(=O)[C@@H]2CN(C(=O)c3ccc(Cl)cc3Cl)C[C@@H]2c2cc(OC)c(OC)c(OC)c2)CC1. The molecule has 5 rings (SSSR count). The van der Waals surface area contributed by atoms with Crippen LogP contribution in [-0.2, 0) is 4.79 Å². The Bertz CT molecular complexity index is 1470. The van der Waals surface area contributed by atoms with Gasteiger partial charge in [-0.05, 0) is 48.0 Å². The number of ether oxygens (including phenoxy) is 4. The number of piperazine rings is 1. The van der Waals surface area contributed by atoms with Crippen LogP contribution in [0.5, 0.6) is 23.0 Å². The molecule has 11 heteroatoms. The van der Waals surface area contributed by atoms with Crippen molar-refractivity contribution in [3.8, 4) is 23.0 Å². The number of nitrogens with zero attached hydrogens (tertiary/aromatic N) is 3. The lowest BCUT2D eigenvalue weighted by Gasteiger charge is -2.38. The highest BCUT2D eigenvalue weighted by molar-refractivity contribution is 6.36. The molecule has 0 saturated carbocycles. The number of para-hydroxylation sites is 2. The highest BCUT2D eigenvalue weighted by atomic mass is 35.5. The minimum absolute atomic E-state index is 0.00377. The Kier molecular flexibility index (Phi) is 9.42. The van der Waals surface area contributed by atoms with E-state index in [0.29, 0.717) is 60.6 Å². The predicted octanol–water partition coefficient (Wildman–Crippen LogP) is 5.23. The lowest BCUT2D eigenvalue weighted by atomic mass is 9.87. The van der Waals surface area contributed by atoms with E-state index in [1.807, 2.05) is 41.3 Å². The van der Waals surface area contributed by atoms with Gasteiger partial charge in [0.15, 0.2) is 11.5 Å². The second-order valence-electron chi connectivity index (χ2n) is 10.5. The van der Waals surface area contributed by atoms with Gasteiger partial charge in [0.1, 0.15) is 5.75 Å². The molecule has 2 saturated heterocycles. The number of hydrogen-bond donors (Lipinski definition) is 0. The standard InChI is InChI=1S/C32H35Cl2N3O6/c1-40-27-8-6-5-7-26(27)35-11-13-36(14-12-35)32(39)24-19-37(31(38)22-10-9-21(33)17-25(22)34)18-23(24)20-15-28(41-2)30(43-4)29(16-20)42-3/h5-10,15-17,23-24H,11-14,18-19H2,1-4H3/t23-,24-/m1/s1. The number of amides is 2. The normalized spacial score (nSPS) is 18.4. The molecule has 228 valence electrons. The number of likely N-dealkylation sites (tertiary alicyclic amines) is 1. The van der Waals surface area contributed by atoms with Crippen LogP contribution in [0.3, 0.4) is 0 Å². The fourth-order valence-corrected chi connectivity index (χ4v) is 6.49. The molecule has 0 spiro atoms. The molecule has 2 amide bonds. The topological polar surface area (TPSA) is 80.8 Å². The minimum atomic E-state index is -0.490. The summed E-state index contributed by atoms with van der Waals surface area (Å²) >= 11 is 12.5. The molecular formula is C32H35Cl2N3O6. The third-order valence-electron chi connectivity index (χ3n) is 8.22. The van der Waals surface area contributed by atoms with Gasteiger partial charge in [0, 0.05) is 50.2 Å². The first-order valence-corrected chi connectivity index (χ1v) is 14.8. The summed E-state index contributed by atoms with van der Waals surface area (Å²) in [6, 6.07) is 16.4. The fraction of sp³-hybridized carbons (Fsp3) is 0.375. The molecule has 9 nitrogen and oxygen atoms in total. The van der Waals surface area contributed by atoms with E-state index in [1.54, 1.807) is 51.5 Å². The molecule has 3 aromatic carbocycles. The smallest absolute Gasteiger partial charge is 0.255 e. The van der Waals surface area contributed by atoms with Crippen molar-refractivity contribution in [1.82, 2.24) is 9.80 Å². The summed E-state index contributed by atoms with van der Waals surface area (Å²) in [5.41, 5.74) is 2.16. The van der Waals surface area contributed by atoms with Gasteiger partial charge >= 0.3 is 0 Å². The van der Waals surface area contributed by atoms with E-state index in [4.69, 9.17) is 42.1 Å². The number of benzene rings is 3. The van der Waals surface area contributed by atoms with Crippen LogP contribution in [-0.4, -0.2) is 89.3 Å². The molecule has 2 heterocycles. The number of hydrogen-bond acceptors (Lipinski definition) is 7. The molecule has 2 aliphatic rings. The zero-order valence-corrected chi connectivity index (χ0v) is 26.2. The molecule has 3 aromatic rings. The summed E-state index contributed by atoms with van der Waals surface area (Å²) in [5.74, 6) is 1.17.